The number of aromatic hydroxyl groups is 1. The molecule has 1 N–H and O–H groups in total. The van der Waals surface area contributed by atoms with E-state index in [1.54, 1.807) is 11.6 Å². The first-order valence-electron chi connectivity index (χ1n) is 5.80. The van der Waals surface area contributed by atoms with Crippen molar-refractivity contribution in [2.75, 3.05) is 0 Å². The molecule has 5 nitrogen and oxygen atoms in total. The summed E-state index contributed by atoms with van der Waals surface area (Å²) in [5, 5.41) is 13.5. The molecule has 0 radical (unpaired) electrons. The van der Waals surface area contributed by atoms with Crippen LogP contribution in [0.3, 0.4) is 0 Å². The molecular formula is C12H12F3N3O2. The topological polar surface area (TPSA) is 60.2 Å². The number of halogens is 3. The normalized spacial score (nSPS) is 11.7. The van der Waals surface area contributed by atoms with Crippen LogP contribution in [-0.4, -0.2) is 26.2 Å². The SMILES string of the molecule is CCn1nc(-c2ccc(O)c(OC(F)(F)F)c2)nc1C. The van der Waals surface area contributed by atoms with Gasteiger partial charge < -0.3 is 9.84 Å². The van der Waals surface area contributed by atoms with Gasteiger partial charge in [0.1, 0.15) is 5.82 Å². The molecule has 8 heteroatoms. The molecule has 0 bridgehead atoms. The van der Waals surface area contributed by atoms with Crippen molar-refractivity contribution in [2.45, 2.75) is 26.8 Å². The number of phenolic OH excluding ortho intramolecular Hbond substituents is 1. The predicted molar refractivity (Wildman–Crippen MR) is 64.2 cm³/mol. The summed E-state index contributed by atoms with van der Waals surface area (Å²) < 4.78 is 42.0. The summed E-state index contributed by atoms with van der Waals surface area (Å²) in [5.74, 6) is -0.358. The van der Waals surface area contributed by atoms with Crippen LogP contribution in [0, 0.1) is 6.92 Å². The zero-order chi connectivity index (χ0) is 14.9. The van der Waals surface area contributed by atoms with Gasteiger partial charge in [-0.05, 0) is 32.0 Å². The van der Waals surface area contributed by atoms with Gasteiger partial charge in [-0.2, -0.15) is 5.10 Å². The largest absolute Gasteiger partial charge is 0.573 e. The number of phenols is 1. The molecule has 108 valence electrons. The third-order valence-electron chi connectivity index (χ3n) is 2.60. The Labute approximate surface area is 112 Å². The first-order chi connectivity index (χ1) is 9.30. The summed E-state index contributed by atoms with van der Waals surface area (Å²) >= 11 is 0. The number of ether oxygens (including phenoxy) is 1. The maximum atomic E-state index is 12.2. The molecular weight excluding hydrogens is 275 g/mol. The smallest absolute Gasteiger partial charge is 0.504 e. The van der Waals surface area contributed by atoms with Crippen LogP contribution < -0.4 is 4.74 Å². The van der Waals surface area contributed by atoms with Crippen LogP contribution in [-0.2, 0) is 6.54 Å². The minimum Gasteiger partial charge on any atom is -0.504 e. The Morgan fingerprint density at radius 3 is 2.60 bits per heavy atom. The highest BCUT2D eigenvalue weighted by Gasteiger charge is 2.32. The molecule has 0 aliphatic rings. The lowest BCUT2D eigenvalue weighted by molar-refractivity contribution is -0.275. The van der Waals surface area contributed by atoms with Gasteiger partial charge >= 0.3 is 6.36 Å². The first-order valence-corrected chi connectivity index (χ1v) is 5.80. The van der Waals surface area contributed by atoms with Crippen LogP contribution in [0.5, 0.6) is 11.5 Å². The summed E-state index contributed by atoms with van der Waals surface area (Å²) in [5.41, 5.74) is 0.331. The minimum atomic E-state index is -4.87. The van der Waals surface area contributed by atoms with E-state index >= 15 is 0 Å². The molecule has 2 rings (SSSR count). The fourth-order valence-corrected chi connectivity index (χ4v) is 1.70. The summed E-state index contributed by atoms with van der Waals surface area (Å²) in [6.45, 7) is 4.22. The Balaban J connectivity index is 2.40. The number of rotatable bonds is 3. The van der Waals surface area contributed by atoms with Crippen molar-refractivity contribution < 1.29 is 23.0 Å². The lowest BCUT2D eigenvalue weighted by Gasteiger charge is -2.10. The van der Waals surface area contributed by atoms with Gasteiger partial charge in [-0.3, -0.25) is 4.68 Å². The third-order valence-corrected chi connectivity index (χ3v) is 2.60. The van der Waals surface area contributed by atoms with E-state index in [4.69, 9.17) is 0 Å². The number of aryl methyl sites for hydroxylation is 2. The number of hydrogen-bond acceptors (Lipinski definition) is 4. The molecule has 1 aromatic heterocycles. The molecule has 20 heavy (non-hydrogen) atoms. The maximum Gasteiger partial charge on any atom is 0.573 e. The number of nitrogens with zero attached hydrogens (tertiary/aromatic N) is 3. The van der Waals surface area contributed by atoms with Crippen molar-refractivity contribution in [1.82, 2.24) is 14.8 Å². The highest BCUT2D eigenvalue weighted by atomic mass is 19.4. The fraction of sp³-hybridized carbons (Fsp3) is 0.333. The summed E-state index contributed by atoms with van der Waals surface area (Å²) in [4.78, 5) is 4.15. The Kier molecular flexibility index (Phi) is 3.56. The number of aromatic nitrogens is 3. The van der Waals surface area contributed by atoms with Crippen LogP contribution in [0.15, 0.2) is 18.2 Å². The Hall–Kier alpha value is -2.25. The van der Waals surface area contributed by atoms with Crippen LogP contribution in [0.25, 0.3) is 11.4 Å². The third kappa shape index (κ3) is 3.01. The average Bonchev–Trinajstić information content (AvgIpc) is 2.71. The molecule has 0 amide bonds. The number of benzene rings is 1. The number of alkyl halides is 3. The van der Waals surface area contributed by atoms with Crippen molar-refractivity contribution in [2.24, 2.45) is 0 Å². The van der Waals surface area contributed by atoms with Crippen molar-refractivity contribution in [1.29, 1.82) is 0 Å². The summed E-state index contributed by atoms with van der Waals surface area (Å²) in [6.07, 6.45) is -4.87. The lowest BCUT2D eigenvalue weighted by atomic mass is 10.2. The van der Waals surface area contributed by atoms with Crippen molar-refractivity contribution >= 4 is 0 Å². The van der Waals surface area contributed by atoms with Crippen LogP contribution in [0.2, 0.25) is 0 Å². The molecule has 0 aliphatic carbocycles. The average molecular weight is 287 g/mol. The summed E-state index contributed by atoms with van der Waals surface area (Å²) in [7, 11) is 0. The lowest BCUT2D eigenvalue weighted by Crippen LogP contribution is -2.17. The second kappa shape index (κ2) is 5.03. The molecule has 0 saturated carbocycles. The molecule has 1 heterocycles. The van der Waals surface area contributed by atoms with Gasteiger partial charge in [-0.25, -0.2) is 4.98 Å². The van der Waals surface area contributed by atoms with E-state index < -0.39 is 17.9 Å². The quantitative estimate of drug-likeness (QED) is 0.943. The zero-order valence-electron chi connectivity index (χ0n) is 10.8. The van der Waals surface area contributed by atoms with E-state index in [0.29, 0.717) is 17.9 Å². The molecule has 1 aromatic carbocycles. The summed E-state index contributed by atoms with van der Waals surface area (Å²) in [6, 6.07) is 3.59. The molecule has 0 aliphatic heterocycles. The monoisotopic (exact) mass is 287 g/mol. The predicted octanol–water partition coefficient (Wildman–Crippen LogP) is 2.88. The van der Waals surface area contributed by atoms with Crippen molar-refractivity contribution in [3.8, 4) is 22.9 Å². The Morgan fingerprint density at radius 1 is 1.35 bits per heavy atom. The second-order valence-electron chi connectivity index (χ2n) is 4.03. The zero-order valence-corrected chi connectivity index (χ0v) is 10.8. The van der Waals surface area contributed by atoms with Gasteiger partial charge in [0.2, 0.25) is 0 Å². The fourth-order valence-electron chi connectivity index (χ4n) is 1.70. The standard InChI is InChI=1S/C12H12F3N3O2/c1-3-18-7(2)16-11(17-18)8-4-5-9(19)10(6-8)20-12(13,14)15/h4-6,19H,3H2,1-2H3. The second-order valence-corrected chi connectivity index (χ2v) is 4.03. The van der Waals surface area contributed by atoms with E-state index in [9.17, 15) is 18.3 Å². The van der Waals surface area contributed by atoms with E-state index in [2.05, 4.69) is 14.8 Å². The van der Waals surface area contributed by atoms with E-state index in [1.807, 2.05) is 6.92 Å². The molecule has 2 aromatic rings. The van der Waals surface area contributed by atoms with Crippen molar-refractivity contribution in [3.05, 3.63) is 24.0 Å². The van der Waals surface area contributed by atoms with Crippen LogP contribution in [0.4, 0.5) is 13.2 Å². The van der Waals surface area contributed by atoms with Crippen LogP contribution >= 0.6 is 0 Å². The van der Waals surface area contributed by atoms with Gasteiger partial charge in [0, 0.05) is 12.1 Å². The number of hydrogen-bond donors (Lipinski definition) is 1. The van der Waals surface area contributed by atoms with Crippen molar-refractivity contribution in [3.63, 3.8) is 0 Å². The van der Waals surface area contributed by atoms with Gasteiger partial charge in [-0.15, -0.1) is 13.2 Å². The van der Waals surface area contributed by atoms with E-state index in [0.717, 1.165) is 12.1 Å². The maximum absolute atomic E-state index is 12.2. The molecule has 0 fully saturated rings. The molecule has 0 spiro atoms. The van der Waals surface area contributed by atoms with Gasteiger partial charge in [-0.1, -0.05) is 0 Å². The molecule has 0 saturated heterocycles. The first kappa shape index (κ1) is 14.2. The highest BCUT2D eigenvalue weighted by Crippen LogP contribution is 2.34. The highest BCUT2D eigenvalue weighted by molar-refractivity contribution is 5.60. The van der Waals surface area contributed by atoms with Gasteiger partial charge in [0.25, 0.3) is 0 Å². The van der Waals surface area contributed by atoms with E-state index in [-0.39, 0.29) is 5.82 Å². The Morgan fingerprint density at radius 2 is 2.05 bits per heavy atom. The van der Waals surface area contributed by atoms with E-state index in [1.165, 1.54) is 6.07 Å². The van der Waals surface area contributed by atoms with Crippen LogP contribution in [0.1, 0.15) is 12.7 Å². The Bertz CT molecular complexity index is 623. The van der Waals surface area contributed by atoms with Gasteiger partial charge in [0.15, 0.2) is 17.3 Å². The van der Waals surface area contributed by atoms with Gasteiger partial charge in [0.05, 0.1) is 0 Å². The minimum absolute atomic E-state index is 0.274. The molecule has 0 atom stereocenters. The molecule has 0 unspecified atom stereocenters.